The van der Waals surface area contributed by atoms with Gasteiger partial charge in [0.1, 0.15) is 48.3 Å². The Hall–Kier alpha value is -3.67. The van der Waals surface area contributed by atoms with E-state index in [1.54, 1.807) is 0 Å². The Morgan fingerprint density at radius 2 is 1.53 bits per heavy atom. The highest BCUT2D eigenvalue weighted by Crippen LogP contribution is 2.34. The maximum Gasteiger partial charge on any atom is 0.331 e. The van der Waals surface area contributed by atoms with Crippen molar-refractivity contribution < 1.29 is 94.1 Å². The van der Waals surface area contributed by atoms with E-state index < -0.39 is 117 Å². The summed E-state index contributed by atoms with van der Waals surface area (Å²) in [5, 5.41) is 112. The van der Waals surface area contributed by atoms with Crippen molar-refractivity contribution in [1.29, 1.82) is 0 Å². The molecular weight excluding hydrogens is 712 g/mol. The SMILES string of the molecule is C[C@H]1O[C@@H](O[C@H]2[C@@H](O)[C@H](OCCc3ccc(O)c(O)c3)O[C@H](CO[C@H]3OC[C@](O)(CO)[C@H]3O)[C@H]2OC(=O)C=Cc2ccc(O)c(O)c2)[C@H](O)[C@H](O)[C@H]1O. The average molecular weight is 757 g/mol. The molecule has 0 aliphatic carbocycles. The first-order chi connectivity index (χ1) is 25.1. The second kappa shape index (κ2) is 17.2. The van der Waals surface area contributed by atoms with Crippen molar-refractivity contribution in [2.75, 3.05) is 26.4 Å². The van der Waals surface area contributed by atoms with Crippen LogP contribution in [0.15, 0.2) is 42.5 Å². The van der Waals surface area contributed by atoms with Crippen LogP contribution in [0.1, 0.15) is 18.1 Å². The first kappa shape index (κ1) is 40.5. The maximum absolute atomic E-state index is 13.2. The van der Waals surface area contributed by atoms with Crippen LogP contribution in [0.3, 0.4) is 0 Å². The van der Waals surface area contributed by atoms with Crippen molar-refractivity contribution in [3.63, 3.8) is 0 Å². The Labute approximate surface area is 302 Å². The molecule has 19 heteroatoms. The Morgan fingerprint density at radius 1 is 0.830 bits per heavy atom. The van der Waals surface area contributed by atoms with Crippen LogP contribution >= 0.6 is 0 Å². The van der Waals surface area contributed by atoms with Gasteiger partial charge in [0.2, 0.25) is 0 Å². The summed E-state index contributed by atoms with van der Waals surface area (Å²) in [6.45, 7) is -0.718. The molecule has 5 rings (SSSR count). The molecule has 0 radical (unpaired) electrons. The first-order valence-corrected chi connectivity index (χ1v) is 16.6. The van der Waals surface area contributed by atoms with E-state index in [1.807, 2.05) is 0 Å². The lowest BCUT2D eigenvalue weighted by Crippen LogP contribution is -2.65. The molecule has 0 unspecified atom stereocenters. The molecule has 0 amide bonds. The second-order valence-electron chi connectivity index (χ2n) is 13.0. The number of benzene rings is 2. The smallest absolute Gasteiger partial charge is 0.331 e. The lowest BCUT2D eigenvalue weighted by atomic mass is 9.96. The monoisotopic (exact) mass is 756 g/mol. The summed E-state index contributed by atoms with van der Waals surface area (Å²) in [5.74, 6) is -2.62. The van der Waals surface area contributed by atoms with Gasteiger partial charge in [0.05, 0.1) is 32.5 Å². The van der Waals surface area contributed by atoms with E-state index in [-0.39, 0.29) is 30.1 Å². The van der Waals surface area contributed by atoms with E-state index in [0.29, 0.717) is 5.56 Å². The number of aliphatic hydroxyl groups is 7. The minimum Gasteiger partial charge on any atom is -0.504 e. The van der Waals surface area contributed by atoms with Gasteiger partial charge in [-0.15, -0.1) is 0 Å². The van der Waals surface area contributed by atoms with Gasteiger partial charge >= 0.3 is 5.97 Å². The number of phenolic OH excluding ortho intramolecular Hbond substituents is 4. The highest BCUT2D eigenvalue weighted by molar-refractivity contribution is 5.87. The van der Waals surface area contributed by atoms with Gasteiger partial charge in [-0.2, -0.15) is 0 Å². The topological polar surface area (TPSA) is 304 Å². The fourth-order valence-electron chi connectivity index (χ4n) is 5.87. The number of carbonyl (C=O) groups is 1. The lowest BCUT2D eigenvalue weighted by molar-refractivity contribution is -0.360. The van der Waals surface area contributed by atoms with Crippen molar-refractivity contribution >= 4 is 12.0 Å². The van der Waals surface area contributed by atoms with E-state index in [4.69, 9.17) is 33.2 Å². The number of phenols is 4. The van der Waals surface area contributed by atoms with Crippen LogP contribution in [0.5, 0.6) is 23.0 Å². The molecule has 19 nitrogen and oxygen atoms in total. The van der Waals surface area contributed by atoms with Gasteiger partial charge in [-0.3, -0.25) is 0 Å². The Balaban J connectivity index is 1.42. The summed E-state index contributed by atoms with van der Waals surface area (Å²) in [6.07, 6.45) is -17.0. The average Bonchev–Trinajstić information content (AvgIpc) is 3.42. The third kappa shape index (κ3) is 9.35. The van der Waals surface area contributed by atoms with Crippen LogP contribution < -0.4 is 0 Å². The zero-order valence-electron chi connectivity index (χ0n) is 28.3. The number of rotatable bonds is 13. The number of hydrogen-bond acceptors (Lipinski definition) is 19. The minimum absolute atomic E-state index is 0.136. The molecule has 3 heterocycles. The van der Waals surface area contributed by atoms with Crippen molar-refractivity contribution in [2.24, 2.45) is 0 Å². The quantitative estimate of drug-likeness (QED) is 0.0569. The van der Waals surface area contributed by atoms with E-state index in [9.17, 15) is 61.0 Å². The van der Waals surface area contributed by atoms with Crippen molar-refractivity contribution in [2.45, 2.75) is 92.8 Å². The summed E-state index contributed by atoms with van der Waals surface area (Å²) in [6, 6.07) is 7.83. The van der Waals surface area contributed by atoms with Gasteiger partial charge < -0.3 is 89.3 Å². The van der Waals surface area contributed by atoms with E-state index in [1.165, 1.54) is 49.4 Å². The zero-order chi connectivity index (χ0) is 38.6. The molecule has 13 atom stereocenters. The second-order valence-corrected chi connectivity index (χ2v) is 13.0. The fourth-order valence-corrected chi connectivity index (χ4v) is 5.87. The molecule has 0 spiro atoms. The molecule has 0 saturated carbocycles. The van der Waals surface area contributed by atoms with Gasteiger partial charge in [0, 0.05) is 6.08 Å². The Kier molecular flexibility index (Phi) is 13.2. The number of ether oxygens (including phenoxy) is 7. The molecule has 0 aromatic heterocycles. The van der Waals surface area contributed by atoms with Crippen LogP contribution in [-0.2, 0) is 44.4 Å². The molecule has 3 aliphatic rings. The molecular formula is C34H44O19. The number of aliphatic hydroxyl groups excluding tert-OH is 6. The largest absolute Gasteiger partial charge is 0.504 e. The summed E-state index contributed by atoms with van der Waals surface area (Å²) in [4.78, 5) is 13.2. The molecule has 11 N–H and O–H groups in total. The summed E-state index contributed by atoms with van der Waals surface area (Å²) >= 11 is 0. The van der Waals surface area contributed by atoms with Gasteiger partial charge in [-0.25, -0.2) is 4.79 Å². The highest BCUT2D eigenvalue weighted by atomic mass is 16.8. The maximum atomic E-state index is 13.2. The predicted octanol–water partition coefficient (Wildman–Crippen LogP) is -2.55. The van der Waals surface area contributed by atoms with Crippen LogP contribution in [-0.4, -0.2) is 168 Å². The molecule has 2 aromatic rings. The normalized spacial score (nSPS) is 36.2. The number of esters is 1. The molecule has 3 saturated heterocycles. The summed E-state index contributed by atoms with van der Waals surface area (Å²) in [5.41, 5.74) is -1.24. The molecule has 294 valence electrons. The summed E-state index contributed by atoms with van der Waals surface area (Å²) < 4.78 is 40.0. The lowest BCUT2D eigenvalue weighted by Gasteiger charge is -2.46. The molecule has 0 bridgehead atoms. The minimum atomic E-state index is -2.05. The van der Waals surface area contributed by atoms with Crippen LogP contribution in [0.4, 0.5) is 0 Å². The van der Waals surface area contributed by atoms with Gasteiger partial charge in [-0.1, -0.05) is 12.1 Å². The number of carbonyl (C=O) groups excluding carboxylic acids is 1. The Morgan fingerprint density at radius 3 is 2.19 bits per heavy atom. The third-order valence-corrected chi connectivity index (χ3v) is 9.09. The predicted molar refractivity (Wildman–Crippen MR) is 174 cm³/mol. The van der Waals surface area contributed by atoms with Crippen LogP contribution in [0, 0.1) is 0 Å². The number of aromatic hydroxyl groups is 4. The van der Waals surface area contributed by atoms with Gasteiger partial charge in [0.25, 0.3) is 0 Å². The first-order valence-electron chi connectivity index (χ1n) is 16.6. The van der Waals surface area contributed by atoms with Crippen molar-refractivity contribution in [3.05, 3.63) is 53.6 Å². The molecule has 53 heavy (non-hydrogen) atoms. The van der Waals surface area contributed by atoms with Crippen LogP contribution in [0.25, 0.3) is 6.08 Å². The molecule has 3 fully saturated rings. The molecule has 2 aromatic carbocycles. The van der Waals surface area contributed by atoms with E-state index >= 15 is 0 Å². The fraction of sp³-hybridized carbons (Fsp3) is 0.559. The highest BCUT2D eigenvalue weighted by Gasteiger charge is 2.54. The summed E-state index contributed by atoms with van der Waals surface area (Å²) in [7, 11) is 0. The van der Waals surface area contributed by atoms with Crippen molar-refractivity contribution in [3.8, 4) is 23.0 Å². The Bertz CT molecular complexity index is 1570. The number of hydrogen-bond donors (Lipinski definition) is 11. The van der Waals surface area contributed by atoms with Crippen LogP contribution in [0.2, 0.25) is 0 Å². The van der Waals surface area contributed by atoms with E-state index in [2.05, 4.69) is 0 Å². The molecule has 3 aliphatic heterocycles. The van der Waals surface area contributed by atoms with Crippen molar-refractivity contribution in [1.82, 2.24) is 0 Å². The van der Waals surface area contributed by atoms with Gasteiger partial charge in [-0.05, 0) is 54.8 Å². The van der Waals surface area contributed by atoms with E-state index in [0.717, 1.165) is 6.08 Å². The zero-order valence-corrected chi connectivity index (χ0v) is 28.3. The third-order valence-electron chi connectivity index (χ3n) is 9.09. The van der Waals surface area contributed by atoms with Gasteiger partial charge in [0.15, 0.2) is 48.0 Å². The standard InChI is InChI=1S/C34H44O19/c1-15-24(41)25(42)26(43)32(50-15)53-29-27(44)31(47-9-8-17-3-6-19(37)21(39)11-17)51-22(12-48-33-30(45)34(46,13-35)14-49-33)28(29)52-23(40)7-4-16-2-5-18(36)20(38)10-16/h2-7,10-11,15,22,24-33,35-39,41-46H,8-9,12-14H2,1H3/t15-,22-,24+,25-,26-,27-,28-,29+,30+,31-,32+,33+,34-/m1/s1.